The Hall–Kier alpha value is -5.97. The summed E-state index contributed by atoms with van der Waals surface area (Å²) in [5.74, 6) is -6.05. The third kappa shape index (κ3) is 15.5. The number of nitrogens with one attached hydrogen (secondary N) is 5. The number of ether oxygens (including phenoxy) is 1. The Labute approximate surface area is 319 Å². The predicted octanol–water partition coefficient (Wildman–Crippen LogP) is 0.124. The molecule has 0 aliphatic carbocycles. The van der Waals surface area contributed by atoms with Gasteiger partial charge in [-0.15, -0.1) is 0 Å². The van der Waals surface area contributed by atoms with Crippen LogP contribution in [0.1, 0.15) is 55.1 Å². The maximum absolute atomic E-state index is 12.7. The normalized spacial score (nSPS) is 12.5. The molecular weight excluding hydrogens is 767 g/mol. The SMILES string of the molecule is C[C@H](CC(=O)O)NC(=O)[C@H](CC(=O)O)NC(=O)CCSSCCOC(=O)CC[C@H](NC(=O)c1ccc(NCc2cnc3nc(N)[nH]c(=O)c3n2)cc1)C(=O)O. The van der Waals surface area contributed by atoms with E-state index in [-0.39, 0.29) is 67.3 Å². The molecule has 10 N–H and O–H groups in total. The standard InChI is InChI=1S/C32H39N9O12S2/c1-16(12-23(43)44)36-29(49)21(13-24(45)46)38-22(42)8-10-54-55-11-9-53-25(47)7-6-20(31(51)52)39-28(48)17-2-4-18(5-3-17)34-14-19-15-35-27-26(37-19)30(50)41-32(33)40-27/h2-5,15-16,20-21,34H,6-14H2,1H3,(H,36,49)(H,38,42)(H,39,48)(H,43,44)(H,45,46)(H,51,52)(H3,33,35,40,41,50)/t16-,20+,21+/m1/s1. The Balaban J connectivity index is 1.33. The lowest BCUT2D eigenvalue weighted by Crippen LogP contribution is -2.50. The topological polar surface area (TPSA) is 335 Å². The second-order valence-electron chi connectivity index (χ2n) is 11.7. The molecule has 2 aromatic heterocycles. The fourth-order valence-corrected chi connectivity index (χ4v) is 6.39. The van der Waals surface area contributed by atoms with Crippen molar-refractivity contribution in [1.29, 1.82) is 0 Å². The number of carboxylic acids is 3. The van der Waals surface area contributed by atoms with Gasteiger partial charge in [0.25, 0.3) is 11.5 Å². The number of carbonyl (C=O) groups is 7. The van der Waals surface area contributed by atoms with Crippen LogP contribution in [-0.2, 0) is 40.0 Å². The zero-order chi connectivity index (χ0) is 40.5. The highest BCUT2D eigenvalue weighted by Gasteiger charge is 2.26. The van der Waals surface area contributed by atoms with Crippen LogP contribution in [0, 0.1) is 0 Å². The van der Waals surface area contributed by atoms with Crippen LogP contribution in [0.25, 0.3) is 11.2 Å². The monoisotopic (exact) mass is 805 g/mol. The molecule has 0 fully saturated rings. The summed E-state index contributed by atoms with van der Waals surface area (Å²) in [5.41, 5.74) is 6.32. The number of nitrogen functional groups attached to an aromatic ring is 1. The van der Waals surface area contributed by atoms with Gasteiger partial charge in [-0.2, -0.15) is 4.98 Å². The lowest BCUT2D eigenvalue weighted by molar-refractivity contribution is -0.144. The summed E-state index contributed by atoms with van der Waals surface area (Å²) in [7, 11) is 2.54. The summed E-state index contributed by atoms with van der Waals surface area (Å²) in [4.78, 5) is 110. The minimum Gasteiger partial charge on any atom is -0.481 e. The molecule has 0 spiro atoms. The van der Waals surface area contributed by atoms with Crippen molar-refractivity contribution in [3.8, 4) is 0 Å². The van der Waals surface area contributed by atoms with Gasteiger partial charge in [-0.05, 0) is 37.6 Å². The third-order valence-corrected chi connectivity index (χ3v) is 9.54. The number of esters is 1. The van der Waals surface area contributed by atoms with Crippen LogP contribution in [0.3, 0.4) is 0 Å². The van der Waals surface area contributed by atoms with Crippen LogP contribution >= 0.6 is 21.6 Å². The van der Waals surface area contributed by atoms with E-state index in [1.807, 2.05) is 0 Å². The zero-order valence-electron chi connectivity index (χ0n) is 29.2. The largest absolute Gasteiger partial charge is 0.481 e. The van der Waals surface area contributed by atoms with Gasteiger partial charge in [0.15, 0.2) is 11.2 Å². The first-order chi connectivity index (χ1) is 26.1. The van der Waals surface area contributed by atoms with Crippen molar-refractivity contribution in [1.82, 2.24) is 35.9 Å². The van der Waals surface area contributed by atoms with Crippen molar-refractivity contribution in [2.45, 2.75) is 63.7 Å². The number of aliphatic carboxylic acids is 3. The van der Waals surface area contributed by atoms with Gasteiger partial charge in [-0.1, -0.05) is 21.6 Å². The van der Waals surface area contributed by atoms with Gasteiger partial charge in [-0.25, -0.2) is 14.8 Å². The Morgan fingerprint density at radius 2 is 1.58 bits per heavy atom. The molecular formula is C32H39N9O12S2. The van der Waals surface area contributed by atoms with Crippen molar-refractivity contribution in [2.24, 2.45) is 0 Å². The molecule has 0 saturated heterocycles. The molecule has 0 radical (unpaired) electrons. The van der Waals surface area contributed by atoms with Crippen molar-refractivity contribution in [3.63, 3.8) is 0 Å². The van der Waals surface area contributed by atoms with E-state index in [1.165, 1.54) is 46.8 Å². The van der Waals surface area contributed by atoms with Crippen molar-refractivity contribution in [2.75, 3.05) is 29.2 Å². The highest BCUT2D eigenvalue weighted by molar-refractivity contribution is 8.76. The number of carbonyl (C=O) groups excluding carboxylic acids is 4. The summed E-state index contributed by atoms with van der Waals surface area (Å²) in [6, 6.07) is 2.58. The first-order valence-corrected chi connectivity index (χ1v) is 18.9. The first-order valence-electron chi connectivity index (χ1n) is 16.4. The van der Waals surface area contributed by atoms with Crippen LogP contribution in [-0.4, -0.2) is 113 Å². The first kappa shape index (κ1) is 43.4. The Kier molecular flexibility index (Phi) is 17.1. The molecule has 3 atom stereocenters. The molecule has 23 heteroatoms. The lowest BCUT2D eigenvalue weighted by Gasteiger charge is -2.19. The Morgan fingerprint density at radius 3 is 2.25 bits per heavy atom. The minimum atomic E-state index is -1.39. The molecule has 0 aliphatic rings. The van der Waals surface area contributed by atoms with Crippen LogP contribution in [0.4, 0.5) is 11.6 Å². The quantitative estimate of drug-likeness (QED) is 0.0349. The van der Waals surface area contributed by atoms with Crippen molar-refractivity contribution < 1.29 is 53.6 Å². The van der Waals surface area contributed by atoms with Crippen molar-refractivity contribution >= 4 is 86.0 Å². The maximum atomic E-state index is 12.7. The molecule has 0 unspecified atom stereocenters. The van der Waals surface area contributed by atoms with E-state index >= 15 is 0 Å². The molecule has 0 bridgehead atoms. The van der Waals surface area contributed by atoms with Gasteiger partial charge in [-0.3, -0.25) is 38.5 Å². The number of rotatable bonds is 23. The number of amides is 3. The van der Waals surface area contributed by atoms with E-state index in [2.05, 4.69) is 41.2 Å². The molecule has 21 nitrogen and oxygen atoms in total. The molecule has 3 rings (SSSR count). The smallest absolute Gasteiger partial charge is 0.326 e. The van der Waals surface area contributed by atoms with E-state index in [1.54, 1.807) is 12.1 Å². The Bertz CT molecular complexity index is 1930. The molecule has 1 aromatic carbocycles. The van der Waals surface area contributed by atoms with E-state index in [0.717, 1.165) is 0 Å². The minimum absolute atomic E-state index is 0.0133. The van der Waals surface area contributed by atoms with Gasteiger partial charge < -0.3 is 47.1 Å². The fourth-order valence-electron chi connectivity index (χ4n) is 4.57. The average Bonchev–Trinajstić information content (AvgIpc) is 3.11. The zero-order valence-corrected chi connectivity index (χ0v) is 30.9. The summed E-state index contributed by atoms with van der Waals surface area (Å²) >= 11 is 0. The number of H-pyrrole nitrogens is 1. The number of benzene rings is 1. The van der Waals surface area contributed by atoms with E-state index in [4.69, 9.17) is 20.7 Å². The highest BCUT2D eigenvalue weighted by Crippen LogP contribution is 2.21. The van der Waals surface area contributed by atoms with Gasteiger partial charge in [0.2, 0.25) is 17.8 Å². The summed E-state index contributed by atoms with van der Waals surface area (Å²) in [5, 5.41) is 37.7. The number of aromatic nitrogens is 4. The molecule has 0 saturated carbocycles. The predicted molar refractivity (Wildman–Crippen MR) is 199 cm³/mol. The molecule has 296 valence electrons. The van der Waals surface area contributed by atoms with E-state index in [0.29, 0.717) is 17.1 Å². The second-order valence-corrected chi connectivity index (χ2v) is 14.4. The Morgan fingerprint density at radius 1 is 0.891 bits per heavy atom. The number of fused-ring (bicyclic) bond motifs is 1. The number of nitrogens with two attached hydrogens (primary N) is 1. The third-order valence-electron chi connectivity index (χ3n) is 7.17. The van der Waals surface area contributed by atoms with Gasteiger partial charge >= 0.3 is 23.9 Å². The maximum Gasteiger partial charge on any atom is 0.326 e. The number of carboxylic acid groups (broad SMARTS) is 3. The van der Waals surface area contributed by atoms with Gasteiger partial charge in [0.05, 0.1) is 31.3 Å². The van der Waals surface area contributed by atoms with E-state index in [9.17, 15) is 43.5 Å². The molecule has 3 amide bonds. The summed E-state index contributed by atoms with van der Waals surface area (Å²) < 4.78 is 5.13. The average molecular weight is 806 g/mol. The van der Waals surface area contributed by atoms with Crippen molar-refractivity contribution in [3.05, 3.63) is 52.1 Å². The van der Waals surface area contributed by atoms with Crippen LogP contribution in [0.5, 0.6) is 0 Å². The lowest BCUT2D eigenvalue weighted by atomic mass is 10.1. The highest BCUT2D eigenvalue weighted by atomic mass is 33.1. The molecule has 55 heavy (non-hydrogen) atoms. The number of hydrogen-bond acceptors (Lipinski definition) is 16. The summed E-state index contributed by atoms with van der Waals surface area (Å²) in [6.45, 7) is 1.61. The van der Waals surface area contributed by atoms with Gasteiger partial charge in [0, 0.05) is 41.6 Å². The van der Waals surface area contributed by atoms with Crippen LogP contribution in [0.15, 0.2) is 35.3 Å². The second kappa shape index (κ2) is 21.7. The summed E-state index contributed by atoms with van der Waals surface area (Å²) in [6.07, 6.45) is -0.211. The van der Waals surface area contributed by atoms with Gasteiger partial charge in [0.1, 0.15) is 18.7 Å². The molecule has 3 aromatic rings. The number of anilines is 2. The number of hydrogen-bond donors (Lipinski definition) is 9. The fraction of sp³-hybridized carbons (Fsp3) is 0.406. The molecule has 0 aliphatic heterocycles. The number of nitrogens with zero attached hydrogens (tertiary/aromatic N) is 3. The number of aromatic amines is 1. The van der Waals surface area contributed by atoms with Crippen LogP contribution < -0.4 is 32.6 Å². The van der Waals surface area contributed by atoms with Crippen LogP contribution in [0.2, 0.25) is 0 Å². The van der Waals surface area contributed by atoms with E-state index < -0.39 is 71.7 Å². The molecule has 2 heterocycles.